The van der Waals surface area contributed by atoms with Crippen molar-refractivity contribution in [3.8, 4) is 0 Å². The summed E-state index contributed by atoms with van der Waals surface area (Å²) in [4.78, 5) is 47.9. The number of likely N-dealkylation sites (tertiary alicyclic amines) is 1. The molecule has 0 bridgehead atoms. The number of nitrogens with zero attached hydrogens (tertiary/aromatic N) is 1. The SMILES string of the molecule is CCCCOC(=O)c1ccc(NC(=O)CCCN2C(=O)CCC2=O)cc1. The molecule has 0 radical (unpaired) electrons. The van der Waals surface area contributed by atoms with Crippen LogP contribution >= 0.6 is 0 Å². The third kappa shape index (κ3) is 5.68. The van der Waals surface area contributed by atoms with Crippen LogP contribution in [0.4, 0.5) is 5.69 Å². The van der Waals surface area contributed by atoms with E-state index in [-0.39, 0.29) is 49.5 Å². The van der Waals surface area contributed by atoms with E-state index in [1.165, 1.54) is 4.90 Å². The highest BCUT2D eigenvalue weighted by molar-refractivity contribution is 6.02. The zero-order valence-electron chi connectivity index (χ0n) is 15.0. The van der Waals surface area contributed by atoms with Crippen LogP contribution in [0.3, 0.4) is 0 Å². The number of imide groups is 1. The summed E-state index contributed by atoms with van der Waals surface area (Å²) in [5.41, 5.74) is 1.01. The molecule has 3 amide bonds. The lowest BCUT2D eigenvalue weighted by molar-refractivity contribution is -0.138. The maximum atomic E-state index is 12.0. The molecule has 0 saturated carbocycles. The predicted molar refractivity (Wildman–Crippen MR) is 95.5 cm³/mol. The molecule has 1 aliphatic heterocycles. The molecule has 1 aromatic rings. The second-order valence-corrected chi connectivity index (χ2v) is 6.16. The molecule has 1 fully saturated rings. The zero-order valence-corrected chi connectivity index (χ0v) is 15.0. The number of hydrogen-bond acceptors (Lipinski definition) is 5. The van der Waals surface area contributed by atoms with Gasteiger partial charge < -0.3 is 10.1 Å². The maximum Gasteiger partial charge on any atom is 0.338 e. The van der Waals surface area contributed by atoms with Gasteiger partial charge in [0.05, 0.1) is 12.2 Å². The maximum absolute atomic E-state index is 12.0. The summed E-state index contributed by atoms with van der Waals surface area (Å²) in [6.45, 7) is 2.69. The highest BCUT2D eigenvalue weighted by Crippen LogP contribution is 2.14. The van der Waals surface area contributed by atoms with Crippen LogP contribution in [0.5, 0.6) is 0 Å². The summed E-state index contributed by atoms with van der Waals surface area (Å²) in [7, 11) is 0. The van der Waals surface area contributed by atoms with Gasteiger partial charge in [0.1, 0.15) is 0 Å². The molecule has 0 unspecified atom stereocenters. The molecule has 1 N–H and O–H groups in total. The van der Waals surface area contributed by atoms with Gasteiger partial charge in [-0.3, -0.25) is 19.3 Å². The quantitative estimate of drug-likeness (QED) is 0.415. The van der Waals surface area contributed by atoms with Crippen LogP contribution in [0.25, 0.3) is 0 Å². The van der Waals surface area contributed by atoms with Crippen molar-refractivity contribution in [3.05, 3.63) is 29.8 Å². The summed E-state index contributed by atoms with van der Waals surface area (Å²) >= 11 is 0. The average Bonchev–Trinajstić information content (AvgIpc) is 2.94. The number of hydrogen-bond donors (Lipinski definition) is 1. The number of unbranched alkanes of at least 4 members (excludes halogenated alkanes) is 1. The number of carbonyl (C=O) groups excluding carboxylic acids is 4. The number of anilines is 1. The first-order valence-corrected chi connectivity index (χ1v) is 8.91. The summed E-state index contributed by atoms with van der Waals surface area (Å²) in [5.74, 6) is -0.924. The van der Waals surface area contributed by atoms with Crippen LogP contribution in [0.1, 0.15) is 55.8 Å². The van der Waals surface area contributed by atoms with Crippen molar-refractivity contribution < 1.29 is 23.9 Å². The normalized spacial score (nSPS) is 13.8. The molecule has 2 rings (SSSR count). The average molecular weight is 360 g/mol. The van der Waals surface area contributed by atoms with Gasteiger partial charge in [0.15, 0.2) is 0 Å². The highest BCUT2D eigenvalue weighted by atomic mass is 16.5. The molecule has 7 heteroatoms. The van der Waals surface area contributed by atoms with Crippen molar-refractivity contribution in [2.45, 2.75) is 45.4 Å². The second kappa shape index (κ2) is 9.70. The minimum atomic E-state index is -0.378. The molecule has 26 heavy (non-hydrogen) atoms. The van der Waals surface area contributed by atoms with Crippen molar-refractivity contribution in [3.63, 3.8) is 0 Å². The molecule has 0 aromatic heterocycles. The molecule has 1 heterocycles. The molecular formula is C19H24N2O5. The Kier molecular flexibility index (Phi) is 7.32. The van der Waals surface area contributed by atoms with Crippen molar-refractivity contribution in [1.29, 1.82) is 0 Å². The third-order valence-electron chi connectivity index (χ3n) is 4.08. The molecule has 0 atom stereocenters. The Balaban J connectivity index is 1.74. The summed E-state index contributed by atoms with van der Waals surface area (Å²) in [6.07, 6.45) is 2.94. The van der Waals surface area contributed by atoms with Crippen LogP contribution in [0.15, 0.2) is 24.3 Å². The number of amides is 3. The Morgan fingerprint density at radius 2 is 1.73 bits per heavy atom. The van der Waals surface area contributed by atoms with Crippen molar-refractivity contribution in [2.75, 3.05) is 18.5 Å². The Labute approximate surface area is 152 Å². The van der Waals surface area contributed by atoms with Crippen molar-refractivity contribution in [2.24, 2.45) is 0 Å². The Morgan fingerprint density at radius 1 is 1.08 bits per heavy atom. The fraction of sp³-hybridized carbons (Fsp3) is 0.474. The lowest BCUT2D eigenvalue weighted by Crippen LogP contribution is -2.30. The van der Waals surface area contributed by atoms with Gasteiger partial charge >= 0.3 is 5.97 Å². The highest BCUT2D eigenvalue weighted by Gasteiger charge is 2.28. The van der Waals surface area contributed by atoms with Crippen LogP contribution in [0, 0.1) is 0 Å². The lowest BCUT2D eigenvalue weighted by Gasteiger charge is -2.13. The van der Waals surface area contributed by atoms with Gasteiger partial charge in [-0.1, -0.05) is 13.3 Å². The summed E-state index contributed by atoms with van der Waals surface area (Å²) < 4.78 is 5.12. The van der Waals surface area contributed by atoms with E-state index in [9.17, 15) is 19.2 Å². The van der Waals surface area contributed by atoms with Crippen LogP contribution < -0.4 is 5.32 Å². The topological polar surface area (TPSA) is 92.8 Å². The molecule has 1 saturated heterocycles. The lowest BCUT2D eigenvalue weighted by atomic mass is 10.2. The van der Waals surface area contributed by atoms with E-state index in [2.05, 4.69) is 5.32 Å². The minimum absolute atomic E-state index is 0.170. The molecular weight excluding hydrogens is 336 g/mol. The van der Waals surface area contributed by atoms with E-state index in [4.69, 9.17) is 4.74 Å². The fourth-order valence-electron chi connectivity index (χ4n) is 2.58. The number of nitrogens with one attached hydrogen (secondary N) is 1. The predicted octanol–water partition coefficient (Wildman–Crippen LogP) is 2.51. The number of benzene rings is 1. The standard InChI is InChI=1S/C19H24N2O5/c1-2-3-13-26-19(25)14-6-8-15(9-7-14)20-16(22)5-4-12-21-17(23)10-11-18(21)24/h6-9H,2-5,10-13H2,1H3,(H,20,22). The summed E-state index contributed by atoms with van der Waals surface area (Å²) in [6, 6.07) is 6.49. The van der Waals surface area contributed by atoms with Gasteiger partial charge in [-0.25, -0.2) is 4.79 Å². The fourth-order valence-corrected chi connectivity index (χ4v) is 2.58. The first-order valence-electron chi connectivity index (χ1n) is 8.91. The van der Waals surface area contributed by atoms with Crippen molar-refractivity contribution >= 4 is 29.4 Å². The number of esters is 1. The Bertz CT molecular complexity index is 653. The zero-order chi connectivity index (χ0) is 18.9. The van der Waals surface area contributed by atoms with E-state index < -0.39 is 0 Å². The smallest absolute Gasteiger partial charge is 0.338 e. The van der Waals surface area contributed by atoms with E-state index in [1.807, 2.05) is 6.92 Å². The number of rotatable bonds is 9. The van der Waals surface area contributed by atoms with Crippen LogP contribution in [-0.4, -0.2) is 41.7 Å². The van der Waals surface area contributed by atoms with E-state index in [0.717, 1.165) is 12.8 Å². The monoisotopic (exact) mass is 360 g/mol. The van der Waals surface area contributed by atoms with Crippen LogP contribution in [0.2, 0.25) is 0 Å². The molecule has 0 spiro atoms. The molecule has 0 aliphatic carbocycles. The van der Waals surface area contributed by atoms with Crippen molar-refractivity contribution in [1.82, 2.24) is 4.90 Å². The molecule has 7 nitrogen and oxygen atoms in total. The van der Waals surface area contributed by atoms with E-state index in [0.29, 0.717) is 24.3 Å². The Morgan fingerprint density at radius 3 is 2.35 bits per heavy atom. The van der Waals surface area contributed by atoms with E-state index >= 15 is 0 Å². The van der Waals surface area contributed by atoms with Gasteiger partial charge in [0, 0.05) is 31.5 Å². The largest absolute Gasteiger partial charge is 0.462 e. The van der Waals surface area contributed by atoms with Gasteiger partial charge in [0.2, 0.25) is 17.7 Å². The molecule has 140 valence electrons. The first-order chi connectivity index (χ1) is 12.5. The van der Waals surface area contributed by atoms with Crippen LogP contribution in [-0.2, 0) is 19.1 Å². The van der Waals surface area contributed by atoms with Gasteiger partial charge in [0.25, 0.3) is 0 Å². The first kappa shape index (κ1) is 19.6. The van der Waals surface area contributed by atoms with Gasteiger partial charge in [-0.15, -0.1) is 0 Å². The van der Waals surface area contributed by atoms with Gasteiger partial charge in [-0.05, 0) is 37.1 Å². The Hall–Kier alpha value is -2.70. The molecule has 1 aliphatic rings. The minimum Gasteiger partial charge on any atom is -0.462 e. The van der Waals surface area contributed by atoms with E-state index in [1.54, 1.807) is 24.3 Å². The van der Waals surface area contributed by atoms with Gasteiger partial charge in [-0.2, -0.15) is 0 Å². The molecule has 1 aromatic carbocycles. The third-order valence-corrected chi connectivity index (χ3v) is 4.08. The second-order valence-electron chi connectivity index (χ2n) is 6.16. The number of ether oxygens (including phenoxy) is 1. The number of carbonyl (C=O) groups is 4. The summed E-state index contributed by atoms with van der Waals surface area (Å²) in [5, 5.41) is 2.73.